The van der Waals surface area contributed by atoms with Gasteiger partial charge in [-0.2, -0.15) is 0 Å². The molecule has 1 aromatic carbocycles. The van der Waals surface area contributed by atoms with Crippen LogP contribution < -0.4 is 0 Å². The van der Waals surface area contributed by atoms with Gasteiger partial charge in [0.05, 0.1) is 0 Å². The van der Waals surface area contributed by atoms with Crippen molar-refractivity contribution < 1.29 is 10.2 Å². The van der Waals surface area contributed by atoms with Crippen molar-refractivity contribution in [2.45, 2.75) is 20.2 Å². The van der Waals surface area contributed by atoms with E-state index in [0.29, 0.717) is 0 Å². The zero-order valence-electron chi connectivity index (χ0n) is 8.14. The van der Waals surface area contributed by atoms with Crippen molar-refractivity contribution in [1.29, 1.82) is 0 Å². The van der Waals surface area contributed by atoms with E-state index in [0.717, 1.165) is 0 Å². The molecule has 0 aliphatic heterocycles. The molecule has 0 nitrogen and oxygen atoms in total. The lowest BCUT2D eigenvalue weighted by Crippen LogP contribution is -2.00. The van der Waals surface area contributed by atoms with E-state index >= 15 is 0 Å². The van der Waals surface area contributed by atoms with Gasteiger partial charge in [-0.1, -0.05) is 19.9 Å². The van der Waals surface area contributed by atoms with Crippen LogP contribution in [-0.4, -0.2) is 0 Å². The second-order valence-electron chi connectivity index (χ2n) is 3.05. The van der Waals surface area contributed by atoms with Gasteiger partial charge in [0.15, 0.2) is 0 Å². The molecule has 12 heavy (non-hydrogen) atoms. The molecule has 0 radical (unpaired) electrons. The molecule has 1 unspecified atom stereocenters. The minimum absolute atomic E-state index is 0.0913. The van der Waals surface area contributed by atoms with Gasteiger partial charge in [-0.15, -0.1) is 0 Å². The van der Waals surface area contributed by atoms with Crippen molar-refractivity contribution in [3.05, 3.63) is 35.4 Å². The quantitative estimate of drug-likeness (QED) is 0.641. The highest BCUT2D eigenvalue weighted by Crippen LogP contribution is 2.15. The van der Waals surface area contributed by atoms with E-state index in [1.165, 1.54) is 18.2 Å². The largest absolute Gasteiger partial charge is 0.207 e. The molecule has 1 rings (SSSR count). The Labute approximate surface area is 72.6 Å². The molecule has 1 atom stereocenters. The van der Waals surface area contributed by atoms with Crippen LogP contribution in [0.3, 0.4) is 0 Å². The maximum absolute atomic E-state index is 13.1. The van der Waals surface area contributed by atoms with E-state index in [2.05, 4.69) is 0 Å². The number of hydrogen-bond donors (Lipinski definition) is 0. The summed E-state index contributed by atoms with van der Waals surface area (Å²) >= 11 is 0. The van der Waals surface area contributed by atoms with Crippen LogP contribution in [-0.2, 0) is 6.40 Å². The minimum atomic E-state index is -0.832. The van der Waals surface area contributed by atoms with Crippen LogP contribution in [0.1, 0.15) is 20.8 Å². The summed E-state index contributed by atoms with van der Waals surface area (Å²) in [6.45, 7) is 3.53. The SMILES string of the molecule is [2H]C(c1c(F)cccc1F)C(C)C. The fourth-order valence-electron chi connectivity index (χ4n) is 1.00. The van der Waals surface area contributed by atoms with Gasteiger partial charge >= 0.3 is 0 Å². The van der Waals surface area contributed by atoms with Gasteiger partial charge < -0.3 is 0 Å². The van der Waals surface area contributed by atoms with E-state index < -0.39 is 18.0 Å². The van der Waals surface area contributed by atoms with Crippen LogP contribution in [0.25, 0.3) is 0 Å². The lowest BCUT2D eigenvalue weighted by molar-refractivity contribution is 0.525. The summed E-state index contributed by atoms with van der Waals surface area (Å²) in [5.74, 6) is -1.35. The molecule has 0 heterocycles. The monoisotopic (exact) mass is 171 g/mol. The standard InChI is InChI=1S/C10H12F2/c1-7(2)6-8-9(11)4-3-5-10(8)12/h3-5,7H,6H2,1-2H3/i6D. The molecule has 0 saturated heterocycles. The molecule has 2 heteroatoms. The first kappa shape index (κ1) is 7.71. The van der Waals surface area contributed by atoms with Crippen LogP contribution in [0.4, 0.5) is 8.78 Å². The third-order valence-electron chi connectivity index (χ3n) is 1.50. The van der Waals surface area contributed by atoms with E-state index in [4.69, 9.17) is 1.37 Å². The lowest BCUT2D eigenvalue weighted by Gasteiger charge is -2.06. The molecule has 66 valence electrons. The van der Waals surface area contributed by atoms with Gasteiger partial charge in [0.2, 0.25) is 0 Å². The van der Waals surface area contributed by atoms with Crippen molar-refractivity contribution in [2.75, 3.05) is 0 Å². The molecule has 1 aromatic rings. The zero-order valence-corrected chi connectivity index (χ0v) is 7.14. The molecule has 0 bridgehead atoms. The highest BCUT2D eigenvalue weighted by atomic mass is 19.1. The predicted octanol–water partition coefficient (Wildman–Crippen LogP) is 3.16. The molecule has 0 spiro atoms. The fourth-order valence-corrected chi connectivity index (χ4v) is 1.00. The van der Waals surface area contributed by atoms with Crippen LogP contribution in [0, 0.1) is 17.6 Å². The summed E-state index contributed by atoms with van der Waals surface area (Å²) in [5.41, 5.74) is -0.127. The van der Waals surface area contributed by atoms with Crippen molar-refractivity contribution >= 4 is 0 Å². The molecule has 0 aliphatic carbocycles. The fraction of sp³-hybridized carbons (Fsp3) is 0.400. The van der Waals surface area contributed by atoms with Crippen LogP contribution in [0.5, 0.6) is 0 Å². The van der Waals surface area contributed by atoms with Gasteiger partial charge in [0.1, 0.15) is 11.6 Å². The predicted molar refractivity (Wildman–Crippen MR) is 44.9 cm³/mol. The number of benzene rings is 1. The topological polar surface area (TPSA) is 0 Å². The second-order valence-corrected chi connectivity index (χ2v) is 3.05. The van der Waals surface area contributed by atoms with Crippen LogP contribution >= 0.6 is 0 Å². The number of hydrogen-bond acceptors (Lipinski definition) is 0. The molecule has 0 amide bonds. The van der Waals surface area contributed by atoms with Gasteiger partial charge in [0.25, 0.3) is 0 Å². The van der Waals surface area contributed by atoms with Gasteiger partial charge in [-0.3, -0.25) is 0 Å². The Bertz CT molecular complexity index is 277. The first-order valence-corrected chi connectivity index (χ1v) is 3.90. The summed E-state index contributed by atoms with van der Waals surface area (Å²) in [4.78, 5) is 0. The Hall–Kier alpha value is -0.920. The van der Waals surface area contributed by atoms with Gasteiger partial charge in [-0.05, 0) is 24.4 Å². The third kappa shape index (κ3) is 2.03. The van der Waals surface area contributed by atoms with Crippen molar-refractivity contribution in [1.82, 2.24) is 0 Å². The average molecular weight is 171 g/mol. The summed E-state index contributed by atoms with van der Waals surface area (Å²) in [6.07, 6.45) is -0.832. The molecular formula is C10H12F2. The van der Waals surface area contributed by atoms with E-state index in [1.54, 1.807) is 13.8 Å². The Morgan fingerprint density at radius 3 is 2.25 bits per heavy atom. The first-order valence-electron chi connectivity index (χ1n) is 4.48. The van der Waals surface area contributed by atoms with Gasteiger partial charge in [-0.25, -0.2) is 8.78 Å². The Balaban J connectivity index is 3.12. The summed E-state index contributed by atoms with van der Waals surface area (Å²) in [5, 5.41) is 0. The van der Waals surface area contributed by atoms with Crippen molar-refractivity contribution in [3.63, 3.8) is 0 Å². The van der Waals surface area contributed by atoms with Crippen LogP contribution in [0.15, 0.2) is 18.2 Å². The van der Waals surface area contributed by atoms with E-state index in [9.17, 15) is 8.78 Å². The third-order valence-corrected chi connectivity index (χ3v) is 1.50. The highest BCUT2D eigenvalue weighted by molar-refractivity contribution is 5.19. The van der Waals surface area contributed by atoms with Crippen molar-refractivity contribution in [2.24, 2.45) is 5.92 Å². The molecular weight excluding hydrogens is 158 g/mol. The maximum Gasteiger partial charge on any atom is 0.129 e. The normalized spacial score (nSPS) is 14.6. The average Bonchev–Trinajstić information content (AvgIpc) is 2.03. The second kappa shape index (κ2) is 3.65. The van der Waals surface area contributed by atoms with E-state index in [-0.39, 0.29) is 11.5 Å². The molecule has 0 aliphatic rings. The Morgan fingerprint density at radius 2 is 1.83 bits per heavy atom. The highest BCUT2D eigenvalue weighted by Gasteiger charge is 2.08. The summed E-state index contributed by atoms with van der Waals surface area (Å²) < 4.78 is 33.8. The first-order chi connectivity index (χ1) is 6.04. The Kier molecular flexibility index (Phi) is 2.35. The molecule has 0 N–H and O–H groups in total. The minimum Gasteiger partial charge on any atom is -0.207 e. The van der Waals surface area contributed by atoms with Gasteiger partial charge in [0, 0.05) is 6.93 Å². The smallest absolute Gasteiger partial charge is 0.129 e. The molecule has 0 fully saturated rings. The Morgan fingerprint density at radius 1 is 1.33 bits per heavy atom. The van der Waals surface area contributed by atoms with E-state index in [1.807, 2.05) is 0 Å². The summed E-state index contributed by atoms with van der Waals surface area (Å²) in [7, 11) is 0. The van der Waals surface area contributed by atoms with Crippen molar-refractivity contribution in [3.8, 4) is 0 Å². The molecule has 0 saturated carbocycles. The summed E-state index contributed by atoms with van der Waals surface area (Å²) in [6, 6.07) is 3.67. The zero-order chi connectivity index (χ0) is 10.0. The lowest BCUT2D eigenvalue weighted by atomic mass is 10.0. The maximum atomic E-state index is 13.1. The van der Waals surface area contributed by atoms with Crippen LogP contribution in [0.2, 0.25) is 0 Å². The molecule has 0 aromatic heterocycles. The number of rotatable bonds is 2. The number of halogens is 2.